The standard InChI is InChI=1S/C19H25F3N6O3S/c1-12-10-13-15(28-7-5-27(6-8-28)14(30)11-19(20,21)22)23-17(24-16(13)32-12)25-18(31)26(2)4-3-9-29/h10,29H,3-9,11H2,1-2H3,(H,23,24,25,31). The van der Waals surface area contributed by atoms with Gasteiger partial charge in [-0.25, -0.2) is 9.78 Å². The van der Waals surface area contributed by atoms with E-state index in [4.69, 9.17) is 5.11 Å². The molecule has 0 spiro atoms. The number of hydrogen-bond acceptors (Lipinski definition) is 7. The molecule has 0 unspecified atom stereocenters. The molecule has 0 aromatic carbocycles. The van der Waals surface area contributed by atoms with Gasteiger partial charge in [-0.2, -0.15) is 18.2 Å². The highest BCUT2D eigenvalue weighted by Gasteiger charge is 2.34. The Morgan fingerprint density at radius 1 is 1.25 bits per heavy atom. The van der Waals surface area contributed by atoms with Crippen molar-refractivity contribution in [2.45, 2.75) is 25.9 Å². The van der Waals surface area contributed by atoms with Crippen LogP contribution >= 0.6 is 11.3 Å². The van der Waals surface area contributed by atoms with E-state index in [1.807, 2.05) is 17.9 Å². The predicted molar refractivity (Wildman–Crippen MR) is 115 cm³/mol. The van der Waals surface area contributed by atoms with Crippen molar-refractivity contribution in [2.75, 3.05) is 56.6 Å². The number of halogens is 3. The van der Waals surface area contributed by atoms with Gasteiger partial charge in [0, 0.05) is 51.3 Å². The van der Waals surface area contributed by atoms with Crippen LogP contribution in [-0.2, 0) is 4.79 Å². The van der Waals surface area contributed by atoms with Gasteiger partial charge >= 0.3 is 12.2 Å². The lowest BCUT2D eigenvalue weighted by molar-refractivity contribution is -0.161. The van der Waals surface area contributed by atoms with E-state index in [9.17, 15) is 22.8 Å². The number of urea groups is 1. The Labute approximate surface area is 186 Å². The molecule has 0 saturated carbocycles. The lowest BCUT2D eigenvalue weighted by Crippen LogP contribution is -2.49. The summed E-state index contributed by atoms with van der Waals surface area (Å²) in [7, 11) is 1.59. The average Bonchev–Trinajstić information content (AvgIpc) is 3.10. The van der Waals surface area contributed by atoms with E-state index in [0.717, 1.165) is 10.3 Å². The van der Waals surface area contributed by atoms with Crippen molar-refractivity contribution in [3.63, 3.8) is 0 Å². The van der Waals surface area contributed by atoms with Crippen molar-refractivity contribution in [3.8, 4) is 0 Å². The van der Waals surface area contributed by atoms with Gasteiger partial charge in [0.05, 0.1) is 5.39 Å². The Kier molecular flexibility index (Phi) is 7.39. The van der Waals surface area contributed by atoms with Crippen LogP contribution in [0.3, 0.4) is 0 Å². The molecule has 0 radical (unpaired) electrons. The first-order valence-electron chi connectivity index (χ1n) is 10.1. The summed E-state index contributed by atoms with van der Waals surface area (Å²) in [5.41, 5.74) is 0. The van der Waals surface area contributed by atoms with Crippen LogP contribution in [-0.4, -0.2) is 89.4 Å². The van der Waals surface area contributed by atoms with Crippen LogP contribution < -0.4 is 10.2 Å². The zero-order valence-corrected chi connectivity index (χ0v) is 18.6. The van der Waals surface area contributed by atoms with Gasteiger partial charge in [0.25, 0.3) is 0 Å². The van der Waals surface area contributed by atoms with Crippen LogP contribution in [0.4, 0.5) is 29.7 Å². The van der Waals surface area contributed by atoms with Gasteiger partial charge in [0.1, 0.15) is 17.1 Å². The zero-order chi connectivity index (χ0) is 23.5. The molecule has 2 aromatic heterocycles. The van der Waals surface area contributed by atoms with Gasteiger partial charge in [-0.05, 0) is 19.4 Å². The van der Waals surface area contributed by atoms with Gasteiger partial charge in [-0.3, -0.25) is 10.1 Å². The molecule has 2 aromatic rings. The van der Waals surface area contributed by atoms with Crippen LogP contribution in [0, 0.1) is 6.92 Å². The molecular formula is C19H25F3N6O3S. The lowest BCUT2D eigenvalue weighted by atomic mass is 10.2. The molecule has 3 heterocycles. The second kappa shape index (κ2) is 9.86. The number of aromatic nitrogens is 2. The summed E-state index contributed by atoms with van der Waals surface area (Å²) in [6.45, 7) is 3.18. The molecule has 3 amide bonds. The number of alkyl halides is 3. The number of hydrogen-bond donors (Lipinski definition) is 2. The van der Waals surface area contributed by atoms with E-state index in [0.29, 0.717) is 36.7 Å². The number of carbonyl (C=O) groups is 2. The smallest absolute Gasteiger partial charge is 0.396 e. The van der Waals surface area contributed by atoms with E-state index in [1.54, 1.807) is 7.05 Å². The first-order chi connectivity index (χ1) is 15.1. The molecule has 1 fully saturated rings. The molecule has 1 saturated heterocycles. The highest BCUT2D eigenvalue weighted by Crippen LogP contribution is 2.32. The SMILES string of the molecule is Cc1cc2c(N3CCN(C(=O)CC(F)(F)F)CC3)nc(NC(=O)N(C)CCCO)nc2s1. The number of anilines is 2. The third-order valence-electron chi connectivity index (χ3n) is 5.00. The highest BCUT2D eigenvalue weighted by molar-refractivity contribution is 7.18. The van der Waals surface area contributed by atoms with Crippen LogP contribution in [0.25, 0.3) is 10.2 Å². The van der Waals surface area contributed by atoms with Crippen molar-refractivity contribution >= 4 is 45.3 Å². The Morgan fingerprint density at radius 2 is 1.94 bits per heavy atom. The van der Waals surface area contributed by atoms with Crippen LogP contribution in [0.2, 0.25) is 0 Å². The Bertz CT molecular complexity index is 975. The monoisotopic (exact) mass is 474 g/mol. The molecule has 9 nitrogen and oxygen atoms in total. The molecule has 13 heteroatoms. The second-order valence-corrected chi connectivity index (χ2v) is 8.77. The molecule has 32 heavy (non-hydrogen) atoms. The number of amides is 3. The molecule has 0 bridgehead atoms. The third kappa shape index (κ3) is 5.97. The van der Waals surface area contributed by atoms with Crippen molar-refractivity contribution in [3.05, 3.63) is 10.9 Å². The van der Waals surface area contributed by atoms with Gasteiger partial charge in [-0.15, -0.1) is 11.3 Å². The fourth-order valence-corrected chi connectivity index (χ4v) is 4.25. The minimum absolute atomic E-state index is 0.0316. The number of thiophene rings is 1. The first-order valence-corrected chi connectivity index (χ1v) is 10.9. The van der Waals surface area contributed by atoms with Crippen LogP contribution in [0.5, 0.6) is 0 Å². The average molecular weight is 475 g/mol. The van der Waals surface area contributed by atoms with Crippen LogP contribution in [0.15, 0.2) is 6.07 Å². The van der Waals surface area contributed by atoms with E-state index in [2.05, 4.69) is 15.3 Å². The number of aliphatic hydroxyl groups excluding tert-OH is 1. The summed E-state index contributed by atoms with van der Waals surface area (Å²) in [5, 5.41) is 12.4. The maximum atomic E-state index is 12.5. The molecule has 176 valence electrons. The summed E-state index contributed by atoms with van der Waals surface area (Å²) < 4.78 is 37.6. The van der Waals surface area contributed by atoms with E-state index in [1.165, 1.54) is 21.1 Å². The molecule has 3 rings (SSSR count). The Morgan fingerprint density at radius 3 is 2.56 bits per heavy atom. The molecule has 0 aliphatic carbocycles. The van der Waals surface area contributed by atoms with E-state index >= 15 is 0 Å². The quantitative estimate of drug-likeness (QED) is 0.667. The minimum atomic E-state index is -4.53. The summed E-state index contributed by atoms with van der Waals surface area (Å²) in [4.78, 5) is 39.4. The number of aliphatic hydroxyl groups is 1. The van der Waals surface area contributed by atoms with Gasteiger partial charge in [0.15, 0.2) is 0 Å². The number of fused-ring (bicyclic) bond motifs is 1. The van der Waals surface area contributed by atoms with Gasteiger partial charge < -0.3 is 19.8 Å². The molecule has 2 N–H and O–H groups in total. The van der Waals surface area contributed by atoms with Gasteiger partial charge in [0.2, 0.25) is 11.9 Å². The zero-order valence-electron chi connectivity index (χ0n) is 17.8. The fraction of sp³-hybridized carbons (Fsp3) is 0.579. The minimum Gasteiger partial charge on any atom is -0.396 e. The van der Waals surface area contributed by atoms with Crippen molar-refractivity contribution in [2.24, 2.45) is 0 Å². The van der Waals surface area contributed by atoms with Crippen molar-refractivity contribution < 1.29 is 27.9 Å². The highest BCUT2D eigenvalue weighted by atomic mass is 32.1. The van der Waals surface area contributed by atoms with Crippen molar-refractivity contribution in [1.29, 1.82) is 0 Å². The molecule has 1 aliphatic rings. The van der Waals surface area contributed by atoms with Crippen molar-refractivity contribution in [1.82, 2.24) is 19.8 Å². The molecule has 0 atom stereocenters. The Balaban J connectivity index is 1.76. The summed E-state index contributed by atoms with van der Waals surface area (Å²) in [6, 6.07) is 1.51. The van der Waals surface area contributed by atoms with E-state index in [-0.39, 0.29) is 25.6 Å². The predicted octanol–water partition coefficient (Wildman–Crippen LogP) is 2.45. The fourth-order valence-electron chi connectivity index (χ4n) is 3.38. The van der Waals surface area contributed by atoms with Gasteiger partial charge in [-0.1, -0.05) is 0 Å². The molecule has 1 aliphatic heterocycles. The number of piperazine rings is 1. The molecular weight excluding hydrogens is 449 g/mol. The summed E-state index contributed by atoms with van der Waals surface area (Å²) >= 11 is 1.44. The number of nitrogens with one attached hydrogen (secondary N) is 1. The van der Waals surface area contributed by atoms with Crippen LogP contribution in [0.1, 0.15) is 17.7 Å². The number of carbonyl (C=O) groups excluding carboxylic acids is 2. The maximum Gasteiger partial charge on any atom is 0.397 e. The number of nitrogens with zero attached hydrogens (tertiary/aromatic N) is 5. The lowest BCUT2D eigenvalue weighted by Gasteiger charge is -2.36. The third-order valence-corrected chi connectivity index (χ3v) is 5.94. The first kappa shape index (κ1) is 24.0. The number of aryl methyl sites for hydroxylation is 1. The number of rotatable bonds is 6. The summed E-state index contributed by atoms with van der Waals surface area (Å²) in [5.74, 6) is -0.253. The summed E-state index contributed by atoms with van der Waals surface area (Å²) in [6.07, 6.45) is -5.55. The normalized spacial score (nSPS) is 14.7. The maximum absolute atomic E-state index is 12.5. The Hall–Kier alpha value is -2.67. The second-order valence-electron chi connectivity index (χ2n) is 7.54. The topological polar surface area (TPSA) is 102 Å². The van der Waals surface area contributed by atoms with E-state index < -0.39 is 24.5 Å². The largest absolute Gasteiger partial charge is 0.397 e.